The molecule has 2 aliphatic rings. The number of nitrogens with one attached hydrogen (secondary N) is 1. The first-order valence-corrected chi connectivity index (χ1v) is 10.3. The molecule has 7 heteroatoms. The lowest BCUT2D eigenvalue weighted by Gasteiger charge is -2.43. The third-order valence-electron chi connectivity index (χ3n) is 5.11. The first kappa shape index (κ1) is 20.6. The van der Waals surface area contributed by atoms with Gasteiger partial charge in [0.05, 0.1) is 21.8 Å². The van der Waals surface area contributed by atoms with E-state index < -0.39 is 16.6 Å². The van der Waals surface area contributed by atoms with Crippen LogP contribution in [-0.2, 0) is 15.7 Å². The largest absolute Gasteiger partial charge is 0.444 e. The molecule has 1 spiro atoms. The summed E-state index contributed by atoms with van der Waals surface area (Å²) in [5.41, 5.74) is -0.595. The maximum atomic E-state index is 12.5. The van der Waals surface area contributed by atoms with Crippen molar-refractivity contribution in [3.05, 3.63) is 0 Å². The molecule has 0 radical (unpaired) electrons. The summed E-state index contributed by atoms with van der Waals surface area (Å²) in [6, 6.07) is 0.0170. The Morgan fingerprint density at radius 2 is 1.76 bits per heavy atom. The zero-order valence-corrected chi connectivity index (χ0v) is 17.2. The number of likely N-dealkylation sites (tertiary alicyclic amines) is 1. The van der Waals surface area contributed by atoms with E-state index in [0.717, 1.165) is 12.8 Å². The highest BCUT2D eigenvalue weighted by Crippen LogP contribution is 2.47. The minimum absolute atomic E-state index is 0.0170. The fourth-order valence-corrected chi connectivity index (χ4v) is 4.67. The molecule has 1 saturated carbocycles. The van der Waals surface area contributed by atoms with Crippen LogP contribution in [0.25, 0.3) is 0 Å². The molecule has 1 aliphatic heterocycles. The van der Waals surface area contributed by atoms with Crippen molar-refractivity contribution < 1.29 is 18.8 Å². The molecule has 1 saturated heterocycles. The van der Waals surface area contributed by atoms with Crippen LogP contribution in [0, 0.1) is 5.41 Å². The monoisotopic (exact) mass is 374 g/mol. The Hall–Kier alpha value is -0.660. The van der Waals surface area contributed by atoms with Crippen molar-refractivity contribution in [3.8, 4) is 0 Å². The van der Waals surface area contributed by atoms with Crippen molar-refractivity contribution in [3.63, 3.8) is 0 Å². The fraction of sp³-hybridized carbons (Fsp3) is 0.944. The van der Waals surface area contributed by atoms with E-state index in [1.54, 1.807) is 4.90 Å². The van der Waals surface area contributed by atoms with Crippen LogP contribution in [0.15, 0.2) is 0 Å². The van der Waals surface area contributed by atoms with E-state index in [0.29, 0.717) is 25.9 Å². The summed E-state index contributed by atoms with van der Waals surface area (Å²) in [7, 11) is -1.17. The number of nitrogens with zero attached hydrogens (tertiary/aromatic N) is 1. The molecule has 146 valence electrons. The van der Waals surface area contributed by atoms with E-state index in [1.165, 1.54) is 0 Å². The van der Waals surface area contributed by atoms with Crippen LogP contribution in [0.2, 0.25) is 0 Å². The zero-order valence-electron chi connectivity index (χ0n) is 16.4. The lowest BCUT2D eigenvalue weighted by molar-refractivity contribution is 0.00692. The molecule has 6 nitrogen and oxygen atoms in total. The van der Waals surface area contributed by atoms with Crippen LogP contribution in [0.3, 0.4) is 0 Å². The van der Waals surface area contributed by atoms with Crippen LogP contribution in [-0.4, -0.2) is 55.9 Å². The number of piperidine rings is 1. The molecule has 0 aromatic carbocycles. The van der Waals surface area contributed by atoms with Gasteiger partial charge in [-0.1, -0.05) is 0 Å². The summed E-state index contributed by atoms with van der Waals surface area (Å²) in [4.78, 5) is 14.0. The summed E-state index contributed by atoms with van der Waals surface area (Å²) in [5.74, 6) is 0. The molecule has 2 N–H and O–H groups in total. The molecular weight excluding hydrogens is 340 g/mol. The maximum absolute atomic E-state index is 12.5. The highest BCUT2D eigenvalue weighted by molar-refractivity contribution is 7.84. The van der Waals surface area contributed by atoms with Gasteiger partial charge in [-0.05, 0) is 72.6 Å². The van der Waals surface area contributed by atoms with Gasteiger partial charge in [-0.25, -0.2) is 13.7 Å². The predicted octanol–water partition coefficient (Wildman–Crippen LogP) is 2.58. The maximum Gasteiger partial charge on any atom is 0.410 e. The van der Waals surface area contributed by atoms with Gasteiger partial charge in [-0.3, -0.25) is 0 Å². The molecular formula is C18H34N2O4S. The van der Waals surface area contributed by atoms with E-state index in [-0.39, 0.29) is 28.4 Å². The van der Waals surface area contributed by atoms with Crippen LogP contribution >= 0.6 is 0 Å². The van der Waals surface area contributed by atoms with Crippen molar-refractivity contribution in [2.45, 2.75) is 89.7 Å². The molecule has 0 aromatic rings. The highest BCUT2D eigenvalue weighted by Gasteiger charge is 2.50. The summed E-state index contributed by atoms with van der Waals surface area (Å²) in [6.45, 7) is 12.7. The third-order valence-corrected chi connectivity index (χ3v) is 6.72. The van der Waals surface area contributed by atoms with Gasteiger partial charge in [0.15, 0.2) is 0 Å². The summed E-state index contributed by atoms with van der Waals surface area (Å²) in [6.07, 6.45) is 2.26. The lowest BCUT2D eigenvalue weighted by atomic mass is 9.74. The summed E-state index contributed by atoms with van der Waals surface area (Å²) < 4.78 is 20.9. The standard InChI is InChI=1S/C18H34N2O4S/c1-16(2,3)24-15(22)20-9-7-18(8-10-20)12-13(21)11-14(18)19-25(23)17(4,5)6/h13-14,19,21H,7-12H2,1-6H3/t13-,14-,25?/m1/s1. The second kappa shape index (κ2) is 7.16. The van der Waals surface area contributed by atoms with Gasteiger partial charge < -0.3 is 14.7 Å². The summed E-state index contributed by atoms with van der Waals surface area (Å²) in [5, 5.41) is 10.2. The number of aliphatic hydroxyl groups excluding tert-OH is 1. The molecule has 25 heavy (non-hydrogen) atoms. The Morgan fingerprint density at radius 1 is 1.20 bits per heavy atom. The Bertz CT molecular complexity index is 516. The normalized spacial score (nSPS) is 28.2. The second-order valence-corrected chi connectivity index (χ2v) is 11.5. The first-order valence-electron chi connectivity index (χ1n) is 9.16. The van der Waals surface area contributed by atoms with E-state index in [9.17, 15) is 14.1 Å². The number of hydrogen-bond donors (Lipinski definition) is 2. The second-order valence-electron chi connectivity index (χ2n) is 9.47. The molecule has 0 aromatic heterocycles. The van der Waals surface area contributed by atoms with Gasteiger partial charge in [-0.2, -0.15) is 0 Å². The van der Waals surface area contributed by atoms with Gasteiger partial charge in [0.1, 0.15) is 5.60 Å². The highest BCUT2D eigenvalue weighted by atomic mass is 32.2. The van der Waals surface area contributed by atoms with Crippen molar-refractivity contribution in [1.29, 1.82) is 0 Å². The first-order chi connectivity index (χ1) is 11.3. The van der Waals surface area contributed by atoms with Crippen LogP contribution in [0.4, 0.5) is 4.79 Å². The Labute approximate surface area is 154 Å². The number of carbonyl (C=O) groups is 1. The van der Waals surface area contributed by atoms with Gasteiger partial charge in [-0.15, -0.1) is 0 Å². The lowest BCUT2D eigenvalue weighted by Crippen LogP contribution is -2.52. The smallest absolute Gasteiger partial charge is 0.410 e. The molecule has 1 unspecified atom stereocenters. The van der Waals surface area contributed by atoms with Gasteiger partial charge in [0, 0.05) is 19.1 Å². The number of ether oxygens (including phenoxy) is 1. The average molecular weight is 375 g/mol. The molecule has 1 amide bonds. The zero-order chi connectivity index (χ0) is 19.0. The average Bonchev–Trinajstić information content (AvgIpc) is 2.72. The molecule has 2 rings (SSSR count). The van der Waals surface area contributed by atoms with Crippen LogP contribution < -0.4 is 4.72 Å². The number of hydrogen-bond acceptors (Lipinski definition) is 4. The molecule has 2 fully saturated rings. The van der Waals surface area contributed by atoms with Crippen LogP contribution in [0.5, 0.6) is 0 Å². The number of carbonyl (C=O) groups excluding carboxylic acids is 1. The van der Waals surface area contributed by atoms with Crippen molar-refractivity contribution in [2.75, 3.05) is 13.1 Å². The molecule has 1 heterocycles. The van der Waals surface area contributed by atoms with Crippen molar-refractivity contribution in [1.82, 2.24) is 9.62 Å². The molecule has 0 bridgehead atoms. The van der Waals surface area contributed by atoms with E-state index >= 15 is 0 Å². The number of rotatable bonds is 2. The van der Waals surface area contributed by atoms with Crippen LogP contribution in [0.1, 0.15) is 67.2 Å². The quantitative estimate of drug-likeness (QED) is 0.779. The van der Waals surface area contributed by atoms with E-state index in [2.05, 4.69) is 4.72 Å². The SMILES string of the molecule is CC(C)(C)OC(=O)N1CCC2(CC1)C[C@H](O)C[C@H]2NS(=O)C(C)(C)C. The molecule has 1 aliphatic carbocycles. The minimum Gasteiger partial charge on any atom is -0.444 e. The van der Waals surface area contributed by atoms with Crippen molar-refractivity contribution >= 4 is 17.1 Å². The topological polar surface area (TPSA) is 78.9 Å². The van der Waals surface area contributed by atoms with E-state index in [1.807, 2.05) is 41.5 Å². The van der Waals surface area contributed by atoms with Gasteiger partial charge >= 0.3 is 6.09 Å². The molecule has 3 atom stereocenters. The summed E-state index contributed by atoms with van der Waals surface area (Å²) >= 11 is 0. The van der Waals surface area contributed by atoms with E-state index in [4.69, 9.17) is 4.74 Å². The number of amides is 1. The third kappa shape index (κ3) is 5.17. The Balaban J connectivity index is 2.01. The Morgan fingerprint density at radius 3 is 2.24 bits per heavy atom. The number of aliphatic hydroxyl groups is 1. The fourth-order valence-electron chi connectivity index (χ4n) is 3.71. The van der Waals surface area contributed by atoms with Crippen molar-refractivity contribution in [2.24, 2.45) is 5.41 Å². The predicted molar refractivity (Wildman–Crippen MR) is 99.5 cm³/mol. The minimum atomic E-state index is -1.17. The Kier molecular flexibility index (Phi) is 5.91. The van der Waals surface area contributed by atoms with Gasteiger partial charge in [0.25, 0.3) is 0 Å². The van der Waals surface area contributed by atoms with Gasteiger partial charge in [0.2, 0.25) is 0 Å².